The minimum absolute atomic E-state index is 0.0147. The Morgan fingerprint density at radius 3 is 2.42 bits per heavy atom. The van der Waals surface area contributed by atoms with Crippen LogP contribution in [0.1, 0.15) is 37.5 Å². The molecule has 230 valence electrons. The molecule has 2 aliphatic heterocycles. The molecule has 1 fully saturated rings. The molecule has 0 aliphatic carbocycles. The molecule has 5 rings (SSSR count). The second-order valence-electron chi connectivity index (χ2n) is 11.6. The van der Waals surface area contributed by atoms with E-state index >= 15 is 0 Å². The van der Waals surface area contributed by atoms with Gasteiger partial charge in [0.25, 0.3) is 10.0 Å². The number of nitrogens with zero attached hydrogens (tertiary/aromatic N) is 3. The predicted octanol–water partition coefficient (Wildman–Crippen LogP) is 6.53. The highest BCUT2D eigenvalue weighted by atomic mass is 35.5. The van der Waals surface area contributed by atoms with E-state index in [-0.39, 0.29) is 23.2 Å². The molecule has 1 saturated heterocycles. The summed E-state index contributed by atoms with van der Waals surface area (Å²) in [5.74, 6) is -0.500. The molecule has 2 heterocycles. The zero-order valence-electron chi connectivity index (χ0n) is 23.9. The first-order valence-electron chi connectivity index (χ1n) is 13.7. The molecular formula is C31H32ClF4N3O3S. The monoisotopic (exact) mass is 637 g/mol. The summed E-state index contributed by atoms with van der Waals surface area (Å²) in [5, 5.41) is 10.6. The third-order valence-corrected chi connectivity index (χ3v) is 9.71. The average Bonchev–Trinajstić information content (AvgIpc) is 2.91. The number of hydrogen-bond donors (Lipinski definition) is 1. The highest BCUT2D eigenvalue weighted by molar-refractivity contribution is 7.92. The fraction of sp³-hybridized carbons (Fsp3) is 0.355. The Morgan fingerprint density at radius 1 is 1.02 bits per heavy atom. The van der Waals surface area contributed by atoms with Crippen LogP contribution in [0.25, 0.3) is 11.6 Å². The summed E-state index contributed by atoms with van der Waals surface area (Å²) in [6.45, 7) is 7.10. The summed E-state index contributed by atoms with van der Waals surface area (Å²) in [7, 11) is -4.44. The molecule has 0 bridgehead atoms. The normalized spacial score (nSPS) is 18.4. The predicted molar refractivity (Wildman–Crippen MR) is 161 cm³/mol. The molecule has 0 saturated carbocycles. The zero-order valence-corrected chi connectivity index (χ0v) is 25.4. The van der Waals surface area contributed by atoms with Gasteiger partial charge >= 0.3 is 6.18 Å². The molecule has 1 atom stereocenters. The van der Waals surface area contributed by atoms with Gasteiger partial charge in [0.05, 0.1) is 45.0 Å². The largest absolute Gasteiger partial charge is 0.416 e. The number of aliphatic hydroxyl groups is 1. The second-order valence-corrected chi connectivity index (χ2v) is 13.9. The van der Waals surface area contributed by atoms with Crippen LogP contribution >= 0.6 is 11.6 Å². The quantitative estimate of drug-likeness (QED) is 0.246. The van der Waals surface area contributed by atoms with E-state index in [1.807, 2.05) is 0 Å². The molecule has 6 nitrogen and oxygen atoms in total. The van der Waals surface area contributed by atoms with E-state index < -0.39 is 38.1 Å². The number of alkyl halides is 3. The van der Waals surface area contributed by atoms with Crippen molar-refractivity contribution in [3.63, 3.8) is 0 Å². The number of benzene rings is 3. The number of anilines is 2. The van der Waals surface area contributed by atoms with Gasteiger partial charge in [-0.05, 0) is 74.4 Å². The highest BCUT2D eigenvalue weighted by Crippen LogP contribution is 2.42. The van der Waals surface area contributed by atoms with Gasteiger partial charge in [-0.2, -0.15) is 13.2 Å². The molecule has 1 N–H and O–H groups in total. The van der Waals surface area contributed by atoms with Crippen LogP contribution in [-0.4, -0.2) is 62.8 Å². The maximum Gasteiger partial charge on any atom is 0.416 e. The Labute approximate surface area is 253 Å². The van der Waals surface area contributed by atoms with Crippen molar-refractivity contribution < 1.29 is 31.1 Å². The molecule has 3 aromatic rings. The highest BCUT2D eigenvalue weighted by Gasteiger charge is 2.41. The Kier molecular flexibility index (Phi) is 8.32. The van der Waals surface area contributed by atoms with Crippen LogP contribution in [0, 0.1) is 5.82 Å². The lowest BCUT2D eigenvalue weighted by molar-refractivity contribution is -0.137. The number of β-amino-alcohol motifs (C(OH)–C–C–N with tert-alkyl or cyclic N) is 1. The van der Waals surface area contributed by atoms with Crippen molar-refractivity contribution in [2.45, 2.75) is 43.5 Å². The molecule has 3 aromatic carbocycles. The van der Waals surface area contributed by atoms with E-state index in [1.54, 1.807) is 51.1 Å². The SMILES string of the molecule is C/C(=C\c1ccc2c(c1)N(S(=O)(=O)c1cccc(C(F)(F)F)c1)C[C@@H]1CN(CC(C)(C)O)CCN21)c1c(F)cccc1Cl. The summed E-state index contributed by atoms with van der Waals surface area (Å²) in [6.07, 6.45) is -3.03. The Balaban J connectivity index is 1.60. The van der Waals surface area contributed by atoms with Crippen molar-refractivity contribution >= 4 is 44.6 Å². The fourth-order valence-corrected chi connectivity index (χ4v) is 7.70. The van der Waals surface area contributed by atoms with Gasteiger partial charge in [0.1, 0.15) is 5.82 Å². The number of allylic oxidation sites excluding steroid dienone is 1. The van der Waals surface area contributed by atoms with Gasteiger partial charge in [0, 0.05) is 31.7 Å². The summed E-state index contributed by atoms with van der Waals surface area (Å²) < 4.78 is 84.5. The Morgan fingerprint density at radius 2 is 1.74 bits per heavy atom. The first-order chi connectivity index (χ1) is 20.0. The van der Waals surface area contributed by atoms with E-state index in [0.717, 1.165) is 22.5 Å². The fourth-order valence-electron chi connectivity index (χ4n) is 5.83. The molecule has 0 unspecified atom stereocenters. The standard InChI is InChI=1S/C31H32ClF4N3O3S/c1-20(29-25(32)8-5-9-26(29)33)14-21-10-11-27-28(15-21)39(18-23-17-37(12-13-38(23)27)19-30(2,3)40)43(41,42)24-7-4-6-22(16-24)31(34,35)36/h4-11,14-16,23,40H,12-13,17-19H2,1-3H3/b20-14+/t23-/m0/s1. The maximum atomic E-state index is 14.6. The number of rotatable bonds is 6. The molecule has 2 aliphatic rings. The van der Waals surface area contributed by atoms with Crippen LogP contribution in [-0.2, 0) is 16.2 Å². The smallest absolute Gasteiger partial charge is 0.389 e. The van der Waals surface area contributed by atoms with E-state index in [1.165, 1.54) is 12.1 Å². The first-order valence-corrected chi connectivity index (χ1v) is 15.5. The zero-order chi connectivity index (χ0) is 31.3. The summed E-state index contributed by atoms with van der Waals surface area (Å²) in [5.41, 5.74) is 0.218. The Hall–Kier alpha value is -3.12. The number of fused-ring (bicyclic) bond motifs is 3. The lowest BCUT2D eigenvalue weighted by atomic mass is 10.00. The topological polar surface area (TPSA) is 64.1 Å². The number of sulfonamides is 1. The van der Waals surface area contributed by atoms with Crippen molar-refractivity contribution in [3.05, 3.63) is 88.2 Å². The van der Waals surface area contributed by atoms with Crippen LogP contribution in [0.5, 0.6) is 0 Å². The van der Waals surface area contributed by atoms with Gasteiger partial charge < -0.3 is 10.0 Å². The molecule has 0 radical (unpaired) electrons. The van der Waals surface area contributed by atoms with E-state index in [9.17, 15) is 31.1 Å². The minimum atomic E-state index is -4.72. The average molecular weight is 638 g/mol. The third kappa shape index (κ3) is 6.55. The van der Waals surface area contributed by atoms with Gasteiger partial charge in [0.2, 0.25) is 0 Å². The number of halogens is 5. The van der Waals surface area contributed by atoms with Crippen molar-refractivity contribution in [2.75, 3.05) is 41.9 Å². The van der Waals surface area contributed by atoms with E-state index in [4.69, 9.17) is 11.6 Å². The van der Waals surface area contributed by atoms with E-state index in [2.05, 4.69) is 9.80 Å². The first kappa shape index (κ1) is 31.3. The summed E-state index contributed by atoms with van der Waals surface area (Å²) >= 11 is 6.26. The lowest BCUT2D eigenvalue weighted by Gasteiger charge is -2.49. The van der Waals surface area contributed by atoms with Crippen molar-refractivity contribution in [1.82, 2.24) is 4.90 Å². The van der Waals surface area contributed by atoms with Crippen LogP contribution in [0.3, 0.4) is 0 Å². The third-order valence-electron chi connectivity index (χ3n) is 7.62. The molecule has 43 heavy (non-hydrogen) atoms. The van der Waals surface area contributed by atoms with Crippen LogP contribution < -0.4 is 9.21 Å². The molecule has 0 amide bonds. The van der Waals surface area contributed by atoms with Crippen molar-refractivity contribution in [1.29, 1.82) is 0 Å². The van der Waals surface area contributed by atoms with Gasteiger partial charge in [-0.3, -0.25) is 9.21 Å². The van der Waals surface area contributed by atoms with E-state index in [0.29, 0.717) is 54.8 Å². The molecule has 0 aromatic heterocycles. The molecular weight excluding hydrogens is 606 g/mol. The van der Waals surface area contributed by atoms with Gasteiger partial charge in [-0.1, -0.05) is 35.9 Å². The number of hydrogen-bond acceptors (Lipinski definition) is 5. The van der Waals surface area contributed by atoms with Crippen LogP contribution in [0.4, 0.5) is 28.9 Å². The summed E-state index contributed by atoms with van der Waals surface area (Å²) in [6, 6.07) is 13.0. The second kappa shape index (κ2) is 11.4. The molecule has 12 heteroatoms. The maximum absolute atomic E-state index is 14.6. The van der Waals surface area contributed by atoms with Crippen molar-refractivity contribution in [3.8, 4) is 0 Å². The van der Waals surface area contributed by atoms with Gasteiger partial charge in [-0.15, -0.1) is 0 Å². The minimum Gasteiger partial charge on any atom is -0.389 e. The van der Waals surface area contributed by atoms with Gasteiger partial charge in [0.15, 0.2) is 0 Å². The van der Waals surface area contributed by atoms with Crippen LogP contribution in [0.15, 0.2) is 65.6 Å². The van der Waals surface area contributed by atoms with Crippen LogP contribution in [0.2, 0.25) is 5.02 Å². The van der Waals surface area contributed by atoms with Gasteiger partial charge in [-0.25, -0.2) is 12.8 Å². The molecule has 0 spiro atoms. The number of piperazine rings is 1. The van der Waals surface area contributed by atoms with Crippen molar-refractivity contribution in [2.24, 2.45) is 0 Å². The summed E-state index contributed by atoms with van der Waals surface area (Å²) in [4.78, 5) is 3.68. The Bertz CT molecular complexity index is 1650. The lowest BCUT2D eigenvalue weighted by Crippen LogP contribution is -2.61.